The van der Waals surface area contributed by atoms with Gasteiger partial charge in [-0.1, -0.05) is 18.6 Å². The van der Waals surface area contributed by atoms with Gasteiger partial charge >= 0.3 is 6.09 Å². The molecular formula is C26H42N2O3. The Hall–Kier alpha value is -1.07. The van der Waals surface area contributed by atoms with Crippen molar-refractivity contribution >= 4 is 6.09 Å². The molecule has 3 saturated carbocycles. The van der Waals surface area contributed by atoms with Gasteiger partial charge in [0.05, 0.1) is 6.61 Å². The number of likely N-dealkylation sites (tertiary alicyclic amines) is 1. The van der Waals surface area contributed by atoms with E-state index in [1.807, 2.05) is 7.05 Å². The Balaban J connectivity index is 1.34. The summed E-state index contributed by atoms with van der Waals surface area (Å²) in [6.45, 7) is 6.30. The van der Waals surface area contributed by atoms with Crippen LogP contribution in [0.4, 0.5) is 4.79 Å². The highest BCUT2D eigenvalue weighted by molar-refractivity contribution is 5.67. The maximum absolute atomic E-state index is 12.3. The fourth-order valence-electron chi connectivity index (χ4n) is 9.16. The van der Waals surface area contributed by atoms with Gasteiger partial charge in [-0.15, -0.1) is 0 Å². The summed E-state index contributed by atoms with van der Waals surface area (Å²) in [7, 11) is 4.21. The van der Waals surface area contributed by atoms with E-state index in [-0.39, 0.29) is 25.3 Å². The highest BCUT2D eigenvalue weighted by Crippen LogP contribution is 2.68. The molecule has 174 valence electrons. The van der Waals surface area contributed by atoms with Crippen molar-refractivity contribution in [1.82, 2.24) is 9.80 Å². The number of aliphatic hydroxyl groups excluding tert-OH is 1. The molecule has 0 aromatic carbocycles. The van der Waals surface area contributed by atoms with Crippen molar-refractivity contribution in [1.29, 1.82) is 0 Å². The second-order valence-corrected chi connectivity index (χ2v) is 11.7. The Morgan fingerprint density at radius 3 is 2.77 bits per heavy atom. The molecule has 0 aromatic rings. The van der Waals surface area contributed by atoms with Gasteiger partial charge in [-0.25, -0.2) is 4.79 Å². The average molecular weight is 431 g/mol. The van der Waals surface area contributed by atoms with Crippen molar-refractivity contribution in [3.8, 4) is 0 Å². The second-order valence-electron chi connectivity index (χ2n) is 11.7. The summed E-state index contributed by atoms with van der Waals surface area (Å²) in [6.07, 6.45) is 12.5. The smallest absolute Gasteiger partial charge is 0.409 e. The van der Waals surface area contributed by atoms with Crippen molar-refractivity contribution in [3.63, 3.8) is 0 Å². The molecule has 8 atom stereocenters. The topological polar surface area (TPSA) is 53.0 Å². The lowest BCUT2D eigenvalue weighted by Gasteiger charge is -2.58. The van der Waals surface area contributed by atoms with Crippen LogP contribution >= 0.6 is 0 Å². The lowest BCUT2D eigenvalue weighted by atomic mass is 9.47. The van der Waals surface area contributed by atoms with Gasteiger partial charge in [0.1, 0.15) is 6.61 Å². The van der Waals surface area contributed by atoms with E-state index in [0.717, 1.165) is 42.6 Å². The molecule has 5 rings (SSSR count). The molecule has 1 saturated heterocycles. The van der Waals surface area contributed by atoms with Crippen LogP contribution in [0, 0.1) is 34.5 Å². The van der Waals surface area contributed by atoms with Crippen LogP contribution in [0.5, 0.6) is 0 Å². The Kier molecular flexibility index (Phi) is 5.45. The van der Waals surface area contributed by atoms with E-state index in [9.17, 15) is 4.79 Å². The van der Waals surface area contributed by atoms with E-state index in [4.69, 9.17) is 9.84 Å². The van der Waals surface area contributed by atoms with E-state index in [0.29, 0.717) is 10.8 Å². The lowest BCUT2D eigenvalue weighted by Crippen LogP contribution is -2.53. The van der Waals surface area contributed by atoms with Crippen LogP contribution in [-0.4, -0.2) is 66.9 Å². The van der Waals surface area contributed by atoms with Crippen molar-refractivity contribution in [3.05, 3.63) is 11.6 Å². The van der Waals surface area contributed by atoms with E-state index in [1.54, 1.807) is 10.5 Å². The molecule has 1 spiro atoms. The second kappa shape index (κ2) is 7.76. The third-order valence-corrected chi connectivity index (χ3v) is 10.8. The number of ether oxygens (including phenoxy) is 1. The van der Waals surface area contributed by atoms with Crippen LogP contribution in [0.15, 0.2) is 11.6 Å². The molecule has 1 amide bonds. The fraction of sp³-hybridized carbons (Fsp3) is 0.885. The Morgan fingerprint density at radius 2 is 2.00 bits per heavy atom. The highest BCUT2D eigenvalue weighted by atomic mass is 16.6. The molecule has 31 heavy (non-hydrogen) atoms. The van der Waals surface area contributed by atoms with Gasteiger partial charge in [-0.05, 0) is 99.8 Å². The van der Waals surface area contributed by atoms with Crippen LogP contribution in [0.1, 0.15) is 65.2 Å². The predicted molar refractivity (Wildman–Crippen MR) is 122 cm³/mol. The van der Waals surface area contributed by atoms with Crippen molar-refractivity contribution in [2.75, 3.05) is 33.9 Å². The zero-order chi connectivity index (χ0) is 22.0. The third kappa shape index (κ3) is 3.13. The molecule has 5 aliphatic rings. The quantitative estimate of drug-likeness (QED) is 0.678. The molecule has 1 heterocycles. The zero-order valence-electron chi connectivity index (χ0n) is 20.0. The van der Waals surface area contributed by atoms with Gasteiger partial charge in [-0.2, -0.15) is 0 Å². The number of hydrogen-bond donors (Lipinski definition) is 1. The summed E-state index contributed by atoms with van der Waals surface area (Å²) >= 11 is 0. The third-order valence-electron chi connectivity index (χ3n) is 10.8. The molecule has 5 nitrogen and oxygen atoms in total. The normalized spacial score (nSPS) is 46.4. The number of carbonyl (C=O) groups excluding carboxylic acids is 1. The van der Waals surface area contributed by atoms with Gasteiger partial charge in [-0.3, -0.25) is 0 Å². The molecule has 1 N–H and O–H groups in total. The van der Waals surface area contributed by atoms with Gasteiger partial charge in [0.15, 0.2) is 0 Å². The molecule has 8 unspecified atom stereocenters. The summed E-state index contributed by atoms with van der Waals surface area (Å²) in [5.41, 5.74) is 2.50. The molecule has 4 fully saturated rings. The Morgan fingerprint density at radius 1 is 1.23 bits per heavy atom. The Bertz CT molecular complexity index is 753. The number of amides is 1. The summed E-state index contributed by atoms with van der Waals surface area (Å²) in [4.78, 5) is 16.7. The minimum atomic E-state index is -0.298. The fourth-order valence-corrected chi connectivity index (χ4v) is 9.16. The summed E-state index contributed by atoms with van der Waals surface area (Å²) < 4.78 is 5.17. The number of nitrogens with zero attached hydrogens (tertiary/aromatic N) is 2. The van der Waals surface area contributed by atoms with Crippen LogP contribution < -0.4 is 0 Å². The maximum Gasteiger partial charge on any atom is 0.409 e. The number of rotatable bonds is 3. The van der Waals surface area contributed by atoms with Crippen LogP contribution in [0.25, 0.3) is 0 Å². The summed E-state index contributed by atoms with van der Waals surface area (Å²) in [5, 5.41) is 8.95. The lowest BCUT2D eigenvalue weighted by molar-refractivity contribution is -0.0436. The first-order valence-corrected chi connectivity index (χ1v) is 12.7. The van der Waals surface area contributed by atoms with Crippen molar-refractivity contribution in [2.24, 2.45) is 34.5 Å². The number of aliphatic hydroxyl groups is 1. The molecule has 0 aromatic heterocycles. The minimum Gasteiger partial charge on any atom is -0.447 e. The van der Waals surface area contributed by atoms with E-state index in [1.165, 1.54) is 45.1 Å². The number of carbonyl (C=O) groups is 1. The predicted octanol–water partition coefficient (Wildman–Crippen LogP) is 4.31. The molecular weight excluding hydrogens is 388 g/mol. The van der Waals surface area contributed by atoms with Crippen LogP contribution in [-0.2, 0) is 4.74 Å². The van der Waals surface area contributed by atoms with Gasteiger partial charge in [0.25, 0.3) is 0 Å². The minimum absolute atomic E-state index is 0.0813. The number of allylic oxidation sites excluding steroid dienone is 1. The molecule has 5 heteroatoms. The standard InChI is InChI=1S/C26H42N2O3/c1-17-21-7-8-23-20-6-5-18-15-19(28(4)24(30)31-14-13-29)9-11-25(18,2)22(20)10-12-26(21,23)16-27(17)3/h5,17,19-23,29H,6-16H2,1-4H3. The van der Waals surface area contributed by atoms with E-state index in [2.05, 4.69) is 31.9 Å². The summed E-state index contributed by atoms with van der Waals surface area (Å²) in [6, 6.07) is 0.973. The van der Waals surface area contributed by atoms with E-state index >= 15 is 0 Å². The summed E-state index contributed by atoms with van der Waals surface area (Å²) in [5.74, 6) is 3.49. The van der Waals surface area contributed by atoms with Crippen molar-refractivity contribution in [2.45, 2.75) is 77.3 Å². The van der Waals surface area contributed by atoms with Gasteiger partial charge in [0, 0.05) is 25.7 Å². The highest BCUT2D eigenvalue weighted by Gasteiger charge is 2.64. The monoisotopic (exact) mass is 430 g/mol. The maximum atomic E-state index is 12.3. The molecule has 0 bridgehead atoms. The van der Waals surface area contributed by atoms with Gasteiger partial charge in [0.2, 0.25) is 0 Å². The average Bonchev–Trinajstić information content (AvgIpc) is 3.24. The van der Waals surface area contributed by atoms with Crippen LogP contribution in [0.3, 0.4) is 0 Å². The molecule has 4 aliphatic carbocycles. The number of fused-ring (bicyclic) bond motifs is 4. The first-order valence-electron chi connectivity index (χ1n) is 12.7. The zero-order valence-corrected chi connectivity index (χ0v) is 20.0. The SMILES string of the molecule is CC1C2CCC3C4CC=C5CC(N(C)C(=O)OCCO)CCC5(C)C4CCC32CN1C. The largest absolute Gasteiger partial charge is 0.447 e. The first kappa shape index (κ1) is 21.8. The molecule has 1 aliphatic heterocycles. The molecule has 0 radical (unpaired) electrons. The number of hydrogen-bond acceptors (Lipinski definition) is 4. The van der Waals surface area contributed by atoms with E-state index < -0.39 is 0 Å². The van der Waals surface area contributed by atoms with Crippen LogP contribution in [0.2, 0.25) is 0 Å². The van der Waals surface area contributed by atoms with Gasteiger partial charge < -0.3 is 19.6 Å². The van der Waals surface area contributed by atoms with Crippen molar-refractivity contribution < 1.29 is 14.6 Å². The first-order chi connectivity index (χ1) is 14.8. The Labute approximate surface area is 188 Å².